The Labute approximate surface area is 53.7 Å². The van der Waals surface area contributed by atoms with Crippen LogP contribution < -0.4 is 0 Å². The van der Waals surface area contributed by atoms with Gasteiger partial charge in [-0.15, -0.1) is 0 Å². The van der Waals surface area contributed by atoms with Gasteiger partial charge in [-0.1, -0.05) is 6.58 Å². The molecule has 8 heavy (non-hydrogen) atoms. The molecule has 0 aliphatic heterocycles. The van der Waals surface area contributed by atoms with Crippen molar-refractivity contribution >= 4 is 17.0 Å². The first-order chi connectivity index (χ1) is 3.72. The fourth-order valence-corrected chi connectivity index (χ4v) is 0.514. The van der Waals surface area contributed by atoms with Crippen LogP contribution in [0.4, 0.5) is 4.79 Å². The van der Waals surface area contributed by atoms with Crippen molar-refractivity contribution in [2.75, 3.05) is 6.54 Å². The van der Waals surface area contributed by atoms with E-state index in [0.29, 0.717) is 6.54 Å². The Morgan fingerprint density at radius 1 is 2.00 bits per heavy atom. The number of nitrogens with zero attached hydrogens (tertiary/aromatic N) is 1. The largest absolute Gasteiger partial charge is 0.320 e. The molecule has 0 saturated carbocycles. The maximum absolute atomic E-state index is 10.2. The SMILES string of the molecule is C=CN(CC)C(=O)Cl. The molecule has 0 aromatic rings. The molecule has 0 rings (SSSR count). The predicted molar refractivity (Wildman–Crippen MR) is 33.8 cm³/mol. The van der Waals surface area contributed by atoms with Gasteiger partial charge in [-0.3, -0.25) is 4.79 Å². The third-order valence-electron chi connectivity index (χ3n) is 0.787. The van der Waals surface area contributed by atoms with E-state index in [1.165, 1.54) is 11.1 Å². The molecular formula is C5H8ClNO. The number of hydrogen-bond acceptors (Lipinski definition) is 1. The summed E-state index contributed by atoms with van der Waals surface area (Å²) in [5.74, 6) is 0. The Morgan fingerprint density at radius 2 is 2.50 bits per heavy atom. The molecular weight excluding hydrogens is 126 g/mol. The van der Waals surface area contributed by atoms with Crippen LogP contribution >= 0.6 is 11.6 Å². The van der Waals surface area contributed by atoms with Gasteiger partial charge in [0.1, 0.15) is 0 Å². The molecule has 2 nitrogen and oxygen atoms in total. The van der Waals surface area contributed by atoms with Crippen LogP contribution in [0.3, 0.4) is 0 Å². The zero-order valence-corrected chi connectivity index (χ0v) is 5.48. The third kappa shape index (κ3) is 1.98. The molecule has 1 amide bonds. The number of carbonyl (C=O) groups excluding carboxylic acids is 1. The minimum absolute atomic E-state index is 0.484. The van der Waals surface area contributed by atoms with Gasteiger partial charge in [0, 0.05) is 12.7 Å². The van der Waals surface area contributed by atoms with Crippen LogP contribution in [0.25, 0.3) is 0 Å². The summed E-state index contributed by atoms with van der Waals surface area (Å²) >= 11 is 5.06. The van der Waals surface area contributed by atoms with E-state index in [4.69, 9.17) is 11.6 Å². The lowest BCUT2D eigenvalue weighted by Crippen LogP contribution is -2.17. The Morgan fingerprint density at radius 3 is 2.50 bits per heavy atom. The van der Waals surface area contributed by atoms with Crippen LogP contribution in [0.15, 0.2) is 12.8 Å². The van der Waals surface area contributed by atoms with E-state index in [1.54, 1.807) is 0 Å². The van der Waals surface area contributed by atoms with Crippen molar-refractivity contribution in [3.05, 3.63) is 12.8 Å². The van der Waals surface area contributed by atoms with Crippen molar-refractivity contribution in [1.82, 2.24) is 4.90 Å². The second kappa shape index (κ2) is 3.50. The van der Waals surface area contributed by atoms with Gasteiger partial charge in [-0.25, -0.2) is 0 Å². The van der Waals surface area contributed by atoms with Crippen LogP contribution in [0, 0.1) is 0 Å². The number of hydrogen-bond donors (Lipinski definition) is 0. The molecule has 0 aromatic heterocycles. The molecule has 3 heteroatoms. The van der Waals surface area contributed by atoms with Gasteiger partial charge >= 0.3 is 5.37 Å². The van der Waals surface area contributed by atoms with Gasteiger partial charge < -0.3 is 4.90 Å². The minimum Gasteiger partial charge on any atom is -0.306 e. The Hall–Kier alpha value is -0.500. The molecule has 46 valence electrons. The zero-order valence-electron chi connectivity index (χ0n) is 4.72. The normalized spacial score (nSPS) is 8.25. The summed E-state index contributed by atoms with van der Waals surface area (Å²) in [5, 5.41) is -0.484. The van der Waals surface area contributed by atoms with Gasteiger partial charge in [-0.2, -0.15) is 0 Å². The number of amides is 1. The van der Waals surface area contributed by atoms with Gasteiger partial charge in [0.05, 0.1) is 0 Å². The molecule has 0 heterocycles. The lowest BCUT2D eigenvalue weighted by molar-refractivity contribution is 0.239. The summed E-state index contributed by atoms with van der Waals surface area (Å²) in [6, 6.07) is 0. The summed E-state index contributed by atoms with van der Waals surface area (Å²) < 4.78 is 0. The first-order valence-electron chi connectivity index (χ1n) is 2.31. The summed E-state index contributed by atoms with van der Waals surface area (Å²) in [4.78, 5) is 11.5. The summed E-state index contributed by atoms with van der Waals surface area (Å²) in [6.45, 7) is 5.77. The number of carbonyl (C=O) groups is 1. The van der Waals surface area contributed by atoms with Gasteiger partial charge in [0.15, 0.2) is 0 Å². The molecule has 0 aliphatic carbocycles. The molecule has 0 spiro atoms. The fourth-order valence-electron chi connectivity index (χ4n) is 0.325. The molecule has 0 saturated heterocycles. The smallest absolute Gasteiger partial charge is 0.306 e. The average molecular weight is 134 g/mol. The van der Waals surface area contributed by atoms with Crippen LogP contribution in [0.1, 0.15) is 6.92 Å². The molecule has 0 fully saturated rings. The molecule has 0 unspecified atom stereocenters. The molecule has 0 atom stereocenters. The van der Waals surface area contributed by atoms with Crippen LogP contribution in [-0.4, -0.2) is 16.8 Å². The number of halogens is 1. The monoisotopic (exact) mass is 133 g/mol. The highest BCUT2D eigenvalue weighted by atomic mass is 35.5. The van der Waals surface area contributed by atoms with Gasteiger partial charge in [0.25, 0.3) is 0 Å². The Bertz CT molecular complexity index is 103. The molecule has 0 bridgehead atoms. The molecule has 0 aliphatic rings. The number of rotatable bonds is 2. The lowest BCUT2D eigenvalue weighted by atomic mass is 10.6. The maximum Gasteiger partial charge on any atom is 0.320 e. The van der Waals surface area contributed by atoms with Gasteiger partial charge in [0.2, 0.25) is 0 Å². The van der Waals surface area contributed by atoms with E-state index in [2.05, 4.69) is 6.58 Å². The maximum atomic E-state index is 10.2. The topological polar surface area (TPSA) is 20.3 Å². The van der Waals surface area contributed by atoms with Crippen molar-refractivity contribution in [3.8, 4) is 0 Å². The van der Waals surface area contributed by atoms with Gasteiger partial charge in [-0.05, 0) is 18.5 Å². The average Bonchev–Trinajstić information content (AvgIpc) is 1.69. The highest BCUT2D eigenvalue weighted by Gasteiger charge is 2.00. The highest BCUT2D eigenvalue weighted by molar-refractivity contribution is 6.62. The zero-order chi connectivity index (χ0) is 6.57. The quantitative estimate of drug-likeness (QED) is 0.416. The second-order valence-electron chi connectivity index (χ2n) is 1.22. The van der Waals surface area contributed by atoms with Crippen molar-refractivity contribution in [2.24, 2.45) is 0 Å². The standard InChI is InChI=1S/C5H8ClNO/c1-3-7(4-2)5(6)8/h3H,1,4H2,2H3. The summed E-state index contributed by atoms with van der Waals surface area (Å²) in [6.07, 6.45) is 1.40. The van der Waals surface area contributed by atoms with Crippen LogP contribution in [-0.2, 0) is 0 Å². The Kier molecular flexibility index (Phi) is 3.28. The lowest BCUT2D eigenvalue weighted by Gasteiger charge is -2.08. The van der Waals surface area contributed by atoms with Crippen molar-refractivity contribution < 1.29 is 4.79 Å². The molecule has 0 radical (unpaired) electrons. The van der Waals surface area contributed by atoms with E-state index >= 15 is 0 Å². The van der Waals surface area contributed by atoms with E-state index in [0.717, 1.165) is 0 Å². The first-order valence-corrected chi connectivity index (χ1v) is 2.68. The van der Waals surface area contributed by atoms with E-state index < -0.39 is 5.37 Å². The minimum atomic E-state index is -0.484. The molecule has 0 N–H and O–H groups in total. The van der Waals surface area contributed by atoms with E-state index in [9.17, 15) is 4.79 Å². The van der Waals surface area contributed by atoms with E-state index in [1.807, 2.05) is 6.92 Å². The van der Waals surface area contributed by atoms with Crippen molar-refractivity contribution in [3.63, 3.8) is 0 Å². The first kappa shape index (κ1) is 7.50. The fraction of sp³-hybridized carbons (Fsp3) is 0.400. The van der Waals surface area contributed by atoms with Crippen LogP contribution in [0.5, 0.6) is 0 Å². The van der Waals surface area contributed by atoms with Crippen molar-refractivity contribution in [2.45, 2.75) is 6.92 Å². The second-order valence-corrected chi connectivity index (χ2v) is 1.54. The van der Waals surface area contributed by atoms with Crippen molar-refractivity contribution in [1.29, 1.82) is 0 Å². The van der Waals surface area contributed by atoms with Crippen LogP contribution in [0.2, 0.25) is 0 Å². The predicted octanol–water partition coefficient (Wildman–Crippen LogP) is 1.81. The third-order valence-corrected chi connectivity index (χ3v) is 1.00. The Balaban J connectivity index is 3.69. The summed E-state index contributed by atoms with van der Waals surface area (Å²) in [7, 11) is 0. The van der Waals surface area contributed by atoms with E-state index in [-0.39, 0.29) is 0 Å². The molecule has 0 aromatic carbocycles. The highest BCUT2D eigenvalue weighted by Crippen LogP contribution is 1.93. The summed E-state index contributed by atoms with van der Waals surface area (Å²) in [5.41, 5.74) is 0.